The molecule has 2 N–H and O–H groups in total. The summed E-state index contributed by atoms with van der Waals surface area (Å²) in [4.78, 5) is 44.9. The van der Waals surface area contributed by atoms with E-state index >= 15 is 0 Å². The van der Waals surface area contributed by atoms with Gasteiger partial charge in [-0.05, 0) is 38.1 Å². The van der Waals surface area contributed by atoms with E-state index in [-0.39, 0.29) is 36.3 Å². The highest BCUT2D eigenvalue weighted by molar-refractivity contribution is 6.30. The van der Waals surface area contributed by atoms with Crippen molar-refractivity contribution in [3.05, 3.63) is 56.7 Å². The molecule has 0 aliphatic carbocycles. The van der Waals surface area contributed by atoms with Crippen molar-refractivity contribution in [3.8, 4) is 0 Å². The van der Waals surface area contributed by atoms with Crippen LogP contribution in [-0.2, 0) is 16.0 Å². The number of hydrogen-bond acceptors (Lipinski definition) is 4. The number of nitrogens with one attached hydrogen (secondary N) is 2. The number of aromatic nitrogens is 2. The van der Waals surface area contributed by atoms with Crippen molar-refractivity contribution >= 4 is 29.1 Å². The molecule has 2 amide bonds. The zero-order valence-electron chi connectivity index (χ0n) is 14.5. The average Bonchev–Trinajstić information content (AvgIpc) is 2.92. The van der Waals surface area contributed by atoms with E-state index < -0.39 is 0 Å². The molecular formula is C18H19ClN4O3. The lowest BCUT2D eigenvalue weighted by Gasteiger charge is -2.17. The van der Waals surface area contributed by atoms with Crippen molar-refractivity contribution < 1.29 is 9.59 Å². The summed E-state index contributed by atoms with van der Waals surface area (Å²) >= 11 is 5.87. The van der Waals surface area contributed by atoms with Crippen molar-refractivity contribution in [1.29, 1.82) is 0 Å². The molecule has 0 radical (unpaired) electrons. The molecule has 1 aliphatic rings. The van der Waals surface area contributed by atoms with Gasteiger partial charge in [-0.3, -0.25) is 14.4 Å². The van der Waals surface area contributed by atoms with E-state index in [1.165, 1.54) is 0 Å². The molecule has 1 atom stereocenters. The van der Waals surface area contributed by atoms with E-state index in [4.69, 9.17) is 11.6 Å². The zero-order valence-corrected chi connectivity index (χ0v) is 15.3. The molecule has 1 fully saturated rings. The fourth-order valence-electron chi connectivity index (χ4n) is 3.07. The van der Waals surface area contributed by atoms with Crippen molar-refractivity contribution in [2.24, 2.45) is 0 Å². The molecule has 7 nitrogen and oxygen atoms in total. The smallest absolute Gasteiger partial charge is 0.254 e. The Morgan fingerprint density at radius 1 is 1.31 bits per heavy atom. The van der Waals surface area contributed by atoms with Crippen LogP contribution >= 0.6 is 11.6 Å². The summed E-state index contributed by atoms with van der Waals surface area (Å²) in [6.45, 7) is 3.77. The van der Waals surface area contributed by atoms with Crippen molar-refractivity contribution in [2.45, 2.75) is 32.7 Å². The van der Waals surface area contributed by atoms with E-state index in [1.807, 2.05) is 0 Å². The Balaban J connectivity index is 1.65. The predicted octanol–water partition coefficient (Wildman–Crippen LogP) is 1.50. The van der Waals surface area contributed by atoms with Crippen LogP contribution in [0.5, 0.6) is 0 Å². The molecule has 8 heteroatoms. The van der Waals surface area contributed by atoms with Crippen LogP contribution in [0.4, 0.5) is 5.69 Å². The molecule has 0 saturated carbocycles. The zero-order chi connectivity index (χ0) is 18.8. The number of hydrogen-bond donors (Lipinski definition) is 2. The molecule has 1 aliphatic heterocycles. The molecule has 1 unspecified atom stereocenters. The maximum absolute atomic E-state index is 12.3. The molecule has 1 aromatic heterocycles. The van der Waals surface area contributed by atoms with Gasteiger partial charge in [-0.15, -0.1) is 0 Å². The second-order valence-electron chi connectivity index (χ2n) is 6.34. The molecule has 1 saturated heterocycles. The first-order valence-electron chi connectivity index (χ1n) is 8.25. The Hall–Kier alpha value is -2.67. The standard InChI is InChI=1S/C18H19ClN4O3/c1-10-15(18(26)21-11(2)20-10)8-16(24)22-13-7-17(25)23(9-13)14-5-3-12(19)4-6-14/h3-6,13H,7-9H2,1-2H3,(H,22,24)(H,20,21,26). The topological polar surface area (TPSA) is 95.2 Å². The van der Waals surface area contributed by atoms with Gasteiger partial charge in [0, 0.05) is 34.9 Å². The fraction of sp³-hybridized carbons (Fsp3) is 0.333. The fourth-order valence-corrected chi connectivity index (χ4v) is 3.20. The molecule has 2 heterocycles. The molecule has 0 spiro atoms. The molecule has 26 heavy (non-hydrogen) atoms. The Morgan fingerprint density at radius 3 is 2.65 bits per heavy atom. The number of benzene rings is 1. The number of carbonyl (C=O) groups excluding carboxylic acids is 2. The molecule has 136 valence electrons. The van der Waals surface area contributed by atoms with Crippen LogP contribution in [0.25, 0.3) is 0 Å². The van der Waals surface area contributed by atoms with Gasteiger partial charge < -0.3 is 15.2 Å². The van der Waals surface area contributed by atoms with E-state index in [0.717, 1.165) is 5.69 Å². The molecule has 0 bridgehead atoms. The number of amides is 2. The van der Waals surface area contributed by atoms with Gasteiger partial charge in [0.2, 0.25) is 11.8 Å². The summed E-state index contributed by atoms with van der Waals surface area (Å²) < 4.78 is 0. The summed E-state index contributed by atoms with van der Waals surface area (Å²) in [7, 11) is 0. The predicted molar refractivity (Wildman–Crippen MR) is 98.4 cm³/mol. The van der Waals surface area contributed by atoms with E-state index in [2.05, 4.69) is 15.3 Å². The third kappa shape index (κ3) is 3.94. The molecular weight excluding hydrogens is 356 g/mol. The maximum Gasteiger partial charge on any atom is 0.254 e. The van der Waals surface area contributed by atoms with Crippen LogP contribution in [-0.4, -0.2) is 34.4 Å². The first-order chi connectivity index (χ1) is 12.3. The number of aromatic amines is 1. The summed E-state index contributed by atoms with van der Waals surface area (Å²) in [5.74, 6) is 0.139. The third-order valence-corrected chi connectivity index (χ3v) is 4.56. The van der Waals surface area contributed by atoms with Crippen molar-refractivity contribution in [3.63, 3.8) is 0 Å². The van der Waals surface area contributed by atoms with Gasteiger partial charge in [-0.25, -0.2) is 4.98 Å². The minimum Gasteiger partial charge on any atom is -0.351 e. The van der Waals surface area contributed by atoms with Gasteiger partial charge in [-0.2, -0.15) is 0 Å². The second-order valence-corrected chi connectivity index (χ2v) is 6.78. The first-order valence-corrected chi connectivity index (χ1v) is 8.63. The number of aryl methyl sites for hydroxylation is 2. The van der Waals surface area contributed by atoms with Gasteiger partial charge in [-0.1, -0.05) is 11.6 Å². The molecule has 2 aromatic rings. The number of rotatable bonds is 4. The quantitative estimate of drug-likeness (QED) is 0.847. The SMILES string of the molecule is Cc1nc(C)c(CC(=O)NC2CC(=O)N(c3ccc(Cl)cc3)C2)c(=O)[nH]1. The van der Waals surface area contributed by atoms with Crippen LogP contribution in [0.3, 0.4) is 0 Å². The summed E-state index contributed by atoms with van der Waals surface area (Å²) in [5, 5.41) is 3.42. The van der Waals surface area contributed by atoms with Gasteiger partial charge in [0.05, 0.1) is 12.5 Å². The normalized spacial score (nSPS) is 16.8. The minimum atomic E-state index is -0.310. The van der Waals surface area contributed by atoms with E-state index in [1.54, 1.807) is 43.0 Å². The summed E-state index contributed by atoms with van der Waals surface area (Å²) in [5.41, 5.74) is 1.31. The number of nitrogens with zero attached hydrogens (tertiary/aromatic N) is 2. The number of H-pyrrole nitrogens is 1. The largest absolute Gasteiger partial charge is 0.351 e. The maximum atomic E-state index is 12.3. The lowest BCUT2D eigenvalue weighted by Crippen LogP contribution is -2.39. The third-order valence-electron chi connectivity index (χ3n) is 4.31. The summed E-state index contributed by atoms with van der Waals surface area (Å²) in [6.07, 6.45) is 0.149. The Morgan fingerprint density at radius 2 is 2.00 bits per heavy atom. The number of anilines is 1. The van der Waals surface area contributed by atoms with Crippen LogP contribution in [0.15, 0.2) is 29.1 Å². The van der Waals surface area contributed by atoms with Crippen LogP contribution in [0.2, 0.25) is 5.02 Å². The van der Waals surface area contributed by atoms with Gasteiger partial charge >= 0.3 is 0 Å². The van der Waals surface area contributed by atoms with Crippen molar-refractivity contribution in [1.82, 2.24) is 15.3 Å². The number of carbonyl (C=O) groups is 2. The van der Waals surface area contributed by atoms with E-state index in [0.29, 0.717) is 28.6 Å². The van der Waals surface area contributed by atoms with E-state index in [9.17, 15) is 14.4 Å². The minimum absolute atomic E-state index is 0.0661. The highest BCUT2D eigenvalue weighted by Crippen LogP contribution is 2.23. The Bertz CT molecular complexity index is 908. The van der Waals surface area contributed by atoms with Crippen LogP contribution in [0.1, 0.15) is 23.5 Å². The summed E-state index contributed by atoms with van der Waals surface area (Å²) in [6, 6.07) is 6.67. The average molecular weight is 375 g/mol. The highest BCUT2D eigenvalue weighted by Gasteiger charge is 2.31. The van der Waals surface area contributed by atoms with Gasteiger partial charge in [0.1, 0.15) is 5.82 Å². The lowest BCUT2D eigenvalue weighted by molar-refractivity contribution is -0.121. The van der Waals surface area contributed by atoms with Gasteiger partial charge in [0.25, 0.3) is 5.56 Å². The van der Waals surface area contributed by atoms with Crippen LogP contribution < -0.4 is 15.8 Å². The monoisotopic (exact) mass is 374 g/mol. The van der Waals surface area contributed by atoms with Crippen LogP contribution in [0, 0.1) is 13.8 Å². The lowest BCUT2D eigenvalue weighted by atomic mass is 10.1. The second kappa shape index (κ2) is 7.29. The Labute approximate surface area is 155 Å². The molecule has 1 aromatic carbocycles. The molecule has 3 rings (SSSR count). The first kappa shape index (κ1) is 18.1. The highest BCUT2D eigenvalue weighted by atomic mass is 35.5. The van der Waals surface area contributed by atoms with Crippen molar-refractivity contribution in [2.75, 3.05) is 11.4 Å². The van der Waals surface area contributed by atoms with Gasteiger partial charge in [0.15, 0.2) is 0 Å². The number of halogens is 1. The Kier molecular flexibility index (Phi) is 5.08.